The van der Waals surface area contributed by atoms with E-state index in [1.165, 1.54) is 42.5 Å². The molecule has 0 fully saturated rings. The van der Waals surface area contributed by atoms with Gasteiger partial charge in [0.1, 0.15) is 11.5 Å². The number of halogens is 1. The van der Waals surface area contributed by atoms with E-state index in [0.717, 1.165) is 24.4 Å². The van der Waals surface area contributed by atoms with Crippen LogP contribution >= 0.6 is 0 Å². The fraction of sp³-hybridized carbons (Fsp3) is 0. The summed E-state index contributed by atoms with van der Waals surface area (Å²) in [5, 5.41) is 24.4. The van der Waals surface area contributed by atoms with Crippen LogP contribution in [0.4, 0.5) is 21.5 Å². The third-order valence-corrected chi connectivity index (χ3v) is 5.54. The Morgan fingerprint density at radius 3 is 2.44 bits per heavy atom. The second kappa shape index (κ2) is 9.22. The van der Waals surface area contributed by atoms with Crippen LogP contribution in [0.1, 0.15) is 15.9 Å². The van der Waals surface area contributed by atoms with Crippen molar-refractivity contribution in [1.29, 1.82) is 0 Å². The molecule has 0 aliphatic heterocycles. The number of carboxylic acids is 1. The van der Waals surface area contributed by atoms with Crippen LogP contribution in [-0.4, -0.2) is 30.6 Å². The first-order chi connectivity index (χ1) is 15.2. The number of anilines is 2. The monoisotopic (exact) mass is 458 g/mol. The Morgan fingerprint density at radius 2 is 1.75 bits per heavy atom. The number of sulfonamides is 1. The Labute approximate surface area is 181 Å². The van der Waals surface area contributed by atoms with Crippen LogP contribution in [0.2, 0.25) is 0 Å². The van der Waals surface area contributed by atoms with E-state index in [0.29, 0.717) is 0 Å². The largest absolute Gasteiger partial charge is 0.478 e. The van der Waals surface area contributed by atoms with E-state index in [-0.39, 0.29) is 22.5 Å². The first-order valence-electron chi connectivity index (χ1n) is 8.86. The first kappa shape index (κ1) is 22.4. The second-order valence-corrected chi connectivity index (χ2v) is 7.97. The molecular weight excluding hydrogens is 443 g/mol. The highest BCUT2D eigenvalue weighted by Gasteiger charge is 2.23. The smallest absolute Gasteiger partial charge is 0.337 e. The van der Waals surface area contributed by atoms with Crippen molar-refractivity contribution in [2.24, 2.45) is 5.10 Å². The van der Waals surface area contributed by atoms with Gasteiger partial charge < -0.3 is 5.11 Å². The number of nitro groups is 1. The van der Waals surface area contributed by atoms with Crippen LogP contribution in [0.5, 0.6) is 0 Å². The van der Waals surface area contributed by atoms with Crippen LogP contribution in [0.3, 0.4) is 0 Å². The molecule has 0 aromatic heterocycles. The van der Waals surface area contributed by atoms with Gasteiger partial charge in [0.15, 0.2) is 0 Å². The van der Waals surface area contributed by atoms with Crippen molar-refractivity contribution in [2.75, 3.05) is 10.1 Å². The minimum atomic E-state index is -4.34. The molecule has 10 nitrogen and oxygen atoms in total. The number of carboxylic acid groups (broad SMARTS) is 1. The van der Waals surface area contributed by atoms with Crippen LogP contribution in [0.15, 0.2) is 76.7 Å². The van der Waals surface area contributed by atoms with Gasteiger partial charge in [-0.3, -0.25) is 20.3 Å². The number of nitrogens with zero attached hydrogens (tertiary/aromatic N) is 2. The molecule has 164 valence electrons. The van der Waals surface area contributed by atoms with Gasteiger partial charge in [-0.25, -0.2) is 17.6 Å². The predicted molar refractivity (Wildman–Crippen MR) is 115 cm³/mol. The number of para-hydroxylation sites is 1. The summed E-state index contributed by atoms with van der Waals surface area (Å²) in [5.41, 5.74) is 1.31. The van der Waals surface area contributed by atoms with E-state index in [2.05, 4.69) is 15.2 Å². The third kappa shape index (κ3) is 5.05. The Balaban J connectivity index is 1.89. The fourth-order valence-electron chi connectivity index (χ4n) is 2.64. The number of hydrazone groups is 1. The molecule has 0 atom stereocenters. The summed E-state index contributed by atoms with van der Waals surface area (Å²) in [4.78, 5) is 21.5. The zero-order valence-corrected chi connectivity index (χ0v) is 16.9. The number of hydrogen-bond donors (Lipinski definition) is 3. The normalized spacial score (nSPS) is 11.3. The van der Waals surface area contributed by atoms with Gasteiger partial charge >= 0.3 is 5.97 Å². The molecule has 0 unspecified atom stereocenters. The summed E-state index contributed by atoms with van der Waals surface area (Å²) in [7, 11) is -4.34. The van der Waals surface area contributed by atoms with Crippen molar-refractivity contribution >= 4 is 39.3 Å². The molecule has 0 amide bonds. The van der Waals surface area contributed by atoms with Crippen molar-refractivity contribution < 1.29 is 27.6 Å². The van der Waals surface area contributed by atoms with Gasteiger partial charge in [0, 0.05) is 11.6 Å². The van der Waals surface area contributed by atoms with E-state index in [1.54, 1.807) is 6.07 Å². The van der Waals surface area contributed by atoms with Crippen LogP contribution in [0.25, 0.3) is 0 Å². The van der Waals surface area contributed by atoms with E-state index in [9.17, 15) is 32.8 Å². The zero-order valence-electron chi connectivity index (χ0n) is 16.1. The van der Waals surface area contributed by atoms with Crippen molar-refractivity contribution in [3.8, 4) is 0 Å². The Kier molecular flexibility index (Phi) is 6.45. The van der Waals surface area contributed by atoms with Gasteiger partial charge in [-0.2, -0.15) is 5.10 Å². The molecule has 0 radical (unpaired) electrons. The summed E-state index contributed by atoms with van der Waals surface area (Å²) in [6.45, 7) is 0. The second-order valence-electron chi connectivity index (χ2n) is 6.28. The van der Waals surface area contributed by atoms with Gasteiger partial charge in [-0.15, -0.1) is 0 Å². The maximum atomic E-state index is 13.6. The topological polar surface area (TPSA) is 151 Å². The molecule has 3 rings (SSSR count). The standard InChI is InChI=1S/C20H15FN4O6S/c21-16-7-3-1-5-13(16)12-22-23-18-10-9-14(11-19(18)25(28)29)32(30,31)24-17-8-4-2-6-15(17)20(26)27/h1-12,23-24H,(H,26,27)/b22-12-. The van der Waals surface area contributed by atoms with Gasteiger partial charge in [-0.1, -0.05) is 30.3 Å². The number of rotatable bonds is 8. The molecule has 0 saturated carbocycles. The summed E-state index contributed by atoms with van der Waals surface area (Å²) in [6, 6.07) is 14.1. The van der Waals surface area contributed by atoms with Gasteiger partial charge in [0.25, 0.3) is 15.7 Å². The molecule has 0 bridgehead atoms. The number of benzene rings is 3. The number of hydrogen-bond acceptors (Lipinski definition) is 7. The van der Waals surface area contributed by atoms with Gasteiger partial charge in [0.2, 0.25) is 0 Å². The molecule has 3 aromatic rings. The van der Waals surface area contributed by atoms with Gasteiger partial charge in [0.05, 0.1) is 27.3 Å². The molecule has 32 heavy (non-hydrogen) atoms. The number of nitro benzene ring substituents is 1. The molecule has 0 heterocycles. The van der Waals surface area contributed by atoms with E-state index >= 15 is 0 Å². The maximum absolute atomic E-state index is 13.6. The van der Waals surface area contributed by atoms with Crippen LogP contribution < -0.4 is 10.1 Å². The SMILES string of the molecule is O=C(O)c1ccccc1NS(=O)(=O)c1ccc(N/N=C\c2ccccc2F)c([N+](=O)[O-])c1. The lowest BCUT2D eigenvalue weighted by Gasteiger charge is -2.11. The Morgan fingerprint density at radius 1 is 1.06 bits per heavy atom. The molecule has 0 aliphatic carbocycles. The minimum absolute atomic E-state index is 0.132. The number of aromatic carboxylic acids is 1. The summed E-state index contributed by atoms with van der Waals surface area (Å²) in [6.07, 6.45) is 1.12. The van der Waals surface area contributed by atoms with Gasteiger partial charge in [-0.05, 0) is 30.3 Å². The molecular formula is C20H15FN4O6S. The average Bonchev–Trinajstić information content (AvgIpc) is 2.75. The third-order valence-electron chi connectivity index (χ3n) is 4.17. The fourth-order valence-corrected chi connectivity index (χ4v) is 3.74. The minimum Gasteiger partial charge on any atom is -0.478 e. The number of nitrogens with one attached hydrogen (secondary N) is 2. The lowest BCUT2D eigenvalue weighted by atomic mass is 10.2. The summed E-state index contributed by atoms with van der Waals surface area (Å²) in [5.74, 6) is -1.89. The summed E-state index contributed by atoms with van der Waals surface area (Å²) >= 11 is 0. The average molecular weight is 458 g/mol. The van der Waals surface area contributed by atoms with Crippen molar-refractivity contribution in [2.45, 2.75) is 4.90 Å². The summed E-state index contributed by atoms with van der Waals surface area (Å²) < 4.78 is 41.1. The van der Waals surface area contributed by atoms with E-state index in [4.69, 9.17) is 0 Å². The molecule has 0 saturated heterocycles. The maximum Gasteiger partial charge on any atom is 0.337 e. The zero-order chi connectivity index (χ0) is 23.3. The van der Waals surface area contributed by atoms with Crippen LogP contribution in [0, 0.1) is 15.9 Å². The molecule has 0 spiro atoms. The van der Waals surface area contributed by atoms with Crippen LogP contribution in [-0.2, 0) is 10.0 Å². The highest BCUT2D eigenvalue weighted by Crippen LogP contribution is 2.29. The van der Waals surface area contributed by atoms with Crippen molar-refractivity contribution in [3.05, 3.63) is 93.8 Å². The van der Waals surface area contributed by atoms with E-state index in [1.807, 2.05) is 0 Å². The number of carbonyl (C=O) groups is 1. The lowest BCUT2D eigenvalue weighted by molar-refractivity contribution is -0.384. The van der Waals surface area contributed by atoms with E-state index < -0.39 is 37.3 Å². The van der Waals surface area contributed by atoms with Crippen molar-refractivity contribution in [1.82, 2.24) is 0 Å². The molecule has 3 aromatic carbocycles. The molecule has 3 N–H and O–H groups in total. The van der Waals surface area contributed by atoms with Crippen molar-refractivity contribution in [3.63, 3.8) is 0 Å². The molecule has 12 heteroatoms. The Hall–Kier alpha value is -4.32. The first-order valence-corrected chi connectivity index (χ1v) is 10.3. The lowest BCUT2D eigenvalue weighted by Crippen LogP contribution is -2.16. The Bertz CT molecular complexity index is 1330. The highest BCUT2D eigenvalue weighted by molar-refractivity contribution is 7.92. The highest BCUT2D eigenvalue weighted by atomic mass is 32.2. The quantitative estimate of drug-likeness (QED) is 0.265. The predicted octanol–water partition coefficient (Wildman–Crippen LogP) is 3.68. The molecule has 0 aliphatic rings.